The van der Waals surface area contributed by atoms with Gasteiger partial charge in [-0.05, 0) is 49.2 Å². The van der Waals surface area contributed by atoms with E-state index in [2.05, 4.69) is 26.6 Å². The number of para-hydroxylation sites is 1. The normalized spacial score (nSPS) is 11.0. The molecular formula is C24H18N6O2. The number of fused-ring (bicyclic) bond motifs is 2. The maximum Gasteiger partial charge on any atom is 0.231 e. The lowest BCUT2D eigenvalue weighted by Crippen LogP contribution is -2.18. The van der Waals surface area contributed by atoms with Crippen molar-refractivity contribution >= 4 is 33.6 Å². The zero-order valence-electron chi connectivity index (χ0n) is 17.5. The highest BCUT2D eigenvalue weighted by molar-refractivity contribution is 5.96. The number of carbonyl (C=O) groups is 1. The molecule has 0 radical (unpaired) electrons. The first-order valence-corrected chi connectivity index (χ1v) is 10.0. The van der Waals surface area contributed by atoms with Crippen LogP contribution in [0.1, 0.15) is 22.4 Å². The summed E-state index contributed by atoms with van der Waals surface area (Å²) in [5.74, 6) is 0.429. The molecule has 0 bridgehead atoms. The van der Waals surface area contributed by atoms with E-state index < -0.39 is 0 Å². The number of aryl methyl sites for hydroxylation is 2. The molecule has 2 aromatic carbocycles. The molecule has 1 N–H and O–H groups in total. The van der Waals surface area contributed by atoms with Gasteiger partial charge >= 0.3 is 0 Å². The van der Waals surface area contributed by atoms with Crippen LogP contribution in [0, 0.1) is 25.2 Å². The molecule has 0 atom stereocenters. The van der Waals surface area contributed by atoms with Crippen LogP contribution in [-0.4, -0.2) is 25.8 Å². The average Bonchev–Trinajstić information content (AvgIpc) is 3.37. The molecule has 3 aromatic heterocycles. The molecule has 5 aromatic rings. The van der Waals surface area contributed by atoms with Crippen LogP contribution in [0.4, 0.5) is 5.82 Å². The van der Waals surface area contributed by atoms with E-state index >= 15 is 0 Å². The quantitative estimate of drug-likeness (QED) is 0.464. The number of nitrogens with one attached hydrogen (secondary N) is 1. The molecule has 0 spiro atoms. The van der Waals surface area contributed by atoms with Gasteiger partial charge in [-0.15, -0.1) is 0 Å². The van der Waals surface area contributed by atoms with E-state index in [1.807, 2.05) is 56.3 Å². The number of nitrogens with zero attached hydrogens (tertiary/aromatic N) is 5. The SMILES string of the molecule is Cc1cc(C)c2c(CC(=O)Nc3c(C#N)cnn3-c3ccc4ccccc4n3)noc2c1. The molecule has 0 aliphatic rings. The van der Waals surface area contributed by atoms with Crippen LogP contribution in [0.3, 0.4) is 0 Å². The highest BCUT2D eigenvalue weighted by Gasteiger charge is 2.19. The molecule has 156 valence electrons. The number of aromatic nitrogens is 4. The van der Waals surface area contributed by atoms with Gasteiger partial charge in [-0.3, -0.25) is 4.79 Å². The Morgan fingerprint density at radius 3 is 2.88 bits per heavy atom. The Morgan fingerprint density at radius 2 is 2.03 bits per heavy atom. The average molecular weight is 422 g/mol. The molecule has 0 saturated carbocycles. The maximum atomic E-state index is 12.9. The highest BCUT2D eigenvalue weighted by atomic mass is 16.5. The molecule has 32 heavy (non-hydrogen) atoms. The lowest BCUT2D eigenvalue weighted by Gasteiger charge is -2.09. The van der Waals surface area contributed by atoms with Crippen molar-refractivity contribution in [1.82, 2.24) is 19.9 Å². The van der Waals surface area contributed by atoms with Crippen molar-refractivity contribution in [2.75, 3.05) is 5.32 Å². The van der Waals surface area contributed by atoms with Gasteiger partial charge in [0.25, 0.3) is 0 Å². The van der Waals surface area contributed by atoms with Gasteiger partial charge in [0.1, 0.15) is 17.3 Å². The summed E-state index contributed by atoms with van der Waals surface area (Å²) in [4.78, 5) is 17.5. The van der Waals surface area contributed by atoms with Crippen LogP contribution in [0.25, 0.3) is 27.7 Å². The van der Waals surface area contributed by atoms with Crippen LogP contribution >= 0.6 is 0 Å². The molecule has 8 nitrogen and oxygen atoms in total. The van der Waals surface area contributed by atoms with E-state index in [0.717, 1.165) is 27.4 Å². The Hall–Kier alpha value is -4.51. The minimum atomic E-state index is -0.334. The number of hydrogen-bond donors (Lipinski definition) is 1. The smallest absolute Gasteiger partial charge is 0.231 e. The third-order valence-corrected chi connectivity index (χ3v) is 5.26. The summed E-state index contributed by atoms with van der Waals surface area (Å²) in [5.41, 5.74) is 4.28. The molecule has 5 rings (SSSR count). The lowest BCUT2D eigenvalue weighted by molar-refractivity contribution is -0.115. The number of nitriles is 1. The first kappa shape index (κ1) is 19.5. The van der Waals surface area contributed by atoms with Crippen molar-refractivity contribution in [3.05, 3.63) is 77.1 Å². The van der Waals surface area contributed by atoms with Crippen molar-refractivity contribution in [1.29, 1.82) is 5.26 Å². The van der Waals surface area contributed by atoms with Gasteiger partial charge in [0.2, 0.25) is 5.91 Å². The molecule has 0 fully saturated rings. The van der Waals surface area contributed by atoms with E-state index in [-0.39, 0.29) is 23.7 Å². The van der Waals surface area contributed by atoms with Crippen LogP contribution in [0.15, 0.2) is 59.3 Å². The van der Waals surface area contributed by atoms with Gasteiger partial charge in [-0.1, -0.05) is 29.4 Å². The number of amides is 1. The Labute approximate surface area is 183 Å². The zero-order chi connectivity index (χ0) is 22.2. The minimum absolute atomic E-state index is 0.00189. The Balaban J connectivity index is 1.47. The van der Waals surface area contributed by atoms with Crippen molar-refractivity contribution in [3.63, 3.8) is 0 Å². The third kappa shape index (κ3) is 3.36. The second kappa shape index (κ2) is 7.63. The number of benzene rings is 2. The van der Waals surface area contributed by atoms with E-state index in [4.69, 9.17) is 4.52 Å². The number of hydrogen-bond acceptors (Lipinski definition) is 6. The molecule has 8 heteroatoms. The van der Waals surface area contributed by atoms with Crippen molar-refractivity contribution in [2.45, 2.75) is 20.3 Å². The first-order valence-electron chi connectivity index (χ1n) is 10.0. The molecular weight excluding hydrogens is 404 g/mol. The van der Waals surface area contributed by atoms with Crippen molar-refractivity contribution in [3.8, 4) is 11.9 Å². The Bertz CT molecular complexity index is 1540. The van der Waals surface area contributed by atoms with Gasteiger partial charge < -0.3 is 9.84 Å². The monoisotopic (exact) mass is 422 g/mol. The standard InChI is InChI=1S/C24H18N6O2/c1-14-9-15(2)23-19(29-32-20(23)10-14)11-22(31)28-24-17(12-25)13-26-30(24)21-8-7-16-5-3-4-6-18(16)27-21/h3-10,13H,11H2,1-2H3,(H,28,31). The fourth-order valence-corrected chi connectivity index (χ4v) is 3.87. The van der Waals surface area contributed by atoms with Crippen LogP contribution in [0.2, 0.25) is 0 Å². The maximum absolute atomic E-state index is 12.9. The summed E-state index contributed by atoms with van der Waals surface area (Å²) >= 11 is 0. The number of carbonyl (C=O) groups excluding carboxylic acids is 1. The van der Waals surface area contributed by atoms with Crippen LogP contribution in [0.5, 0.6) is 0 Å². The second-order valence-corrected chi connectivity index (χ2v) is 7.60. The van der Waals surface area contributed by atoms with Crippen molar-refractivity contribution in [2.24, 2.45) is 0 Å². The fraction of sp³-hybridized carbons (Fsp3) is 0.125. The summed E-state index contributed by atoms with van der Waals surface area (Å²) in [7, 11) is 0. The summed E-state index contributed by atoms with van der Waals surface area (Å²) < 4.78 is 6.87. The van der Waals surface area contributed by atoms with Gasteiger partial charge in [-0.2, -0.15) is 15.0 Å². The zero-order valence-corrected chi connectivity index (χ0v) is 17.5. The fourth-order valence-electron chi connectivity index (χ4n) is 3.87. The summed E-state index contributed by atoms with van der Waals surface area (Å²) in [6.07, 6.45) is 1.41. The Morgan fingerprint density at radius 1 is 1.19 bits per heavy atom. The summed E-state index contributed by atoms with van der Waals surface area (Å²) in [6.45, 7) is 3.94. The van der Waals surface area contributed by atoms with Crippen molar-refractivity contribution < 1.29 is 9.32 Å². The molecule has 0 aliphatic carbocycles. The predicted molar refractivity (Wildman–Crippen MR) is 119 cm³/mol. The molecule has 3 heterocycles. The molecule has 1 amide bonds. The van der Waals surface area contributed by atoms with Gasteiger partial charge in [-0.25, -0.2) is 4.98 Å². The topological polar surface area (TPSA) is 110 Å². The van der Waals surface area contributed by atoms with E-state index in [1.165, 1.54) is 10.9 Å². The van der Waals surface area contributed by atoms with Gasteiger partial charge in [0.05, 0.1) is 18.1 Å². The summed E-state index contributed by atoms with van der Waals surface area (Å²) in [6, 6.07) is 17.4. The Kier molecular flexibility index (Phi) is 4.64. The summed E-state index contributed by atoms with van der Waals surface area (Å²) in [5, 5.41) is 22.5. The third-order valence-electron chi connectivity index (χ3n) is 5.26. The number of rotatable bonds is 4. The highest BCUT2D eigenvalue weighted by Crippen LogP contribution is 2.25. The second-order valence-electron chi connectivity index (χ2n) is 7.60. The van der Waals surface area contributed by atoms with E-state index in [1.54, 1.807) is 6.07 Å². The molecule has 0 saturated heterocycles. The lowest BCUT2D eigenvalue weighted by atomic mass is 10.0. The molecule has 0 aliphatic heterocycles. The largest absolute Gasteiger partial charge is 0.356 e. The number of anilines is 1. The first-order chi connectivity index (χ1) is 15.5. The minimum Gasteiger partial charge on any atom is -0.356 e. The van der Waals surface area contributed by atoms with Gasteiger partial charge in [0.15, 0.2) is 17.2 Å². The number of pyridine rings is 1. The van der Waals surface area contributed by atoms with Gasteiger partial charge in [0, 0.05) is 10.8 Å². The molecule has 0 unspecified atom stereocenters. The van der Waals surface area contributed by atoms with Crippen LogP contribution in [-0.2, 0) is 11.2 Å². The van der Waals surface area contributed by atoms with E-state index in [0.29, 0.717) is 17.1 Å². The predicted octanol–water partition coefficient (Wildman–Crippen LogP) is 4.23. The van der Waals surface area contributed by atoms with Crippen LogP contribution < -0.4 is 5.32 Å². The van der Waals surface area contributed by atoms with E-state index in [9.17, 15) is 10.1 Å².